The number of aliphatic hydroxyl groups excluding tert-OH is 2. The molecule has 7 fully saturated rings. The van der Waals surface area contributed by atoms with Crippen LogP contribution < -0.4 is 65.5 Å². The number of ether oxygens (including phenoxy) is 1. The normalized spacial score (nSPS) is 22.7. The van der Waals surface area contributed by atoms with Gasteiger partial charge in [-0.15, -0.1) is 0 Å². The third-order valence-electron chi connectivity index (χ3n) is 21.8. The van der Waals surface area contributed by atoms with Crippen LogP contribution in [0.4, 0.5) is 0 Å². The number of hydrogen-bond donors (Lipinski definition) is 15. The number of carboxylic acids is 1. The van der Waals surface area contributed by atoms with Gasteiger partial charge in [-0.1, -0.05) is 13.8 Å². The number of hydrogen-bond acceptors (Lipinski definition) is 23. The number of carboxylic acid groups (broad SMARTS) is 1. The summed E-state index contributed by atoms with van der Waals surface area (Å²) in [5.74, 6) is -15.1. The van der Waals surface area contributed by atoms with Crippen molar-refractivity contribution >= 4 is 112 Å². The standard InChI is InChI=1S/C73H116N20O22/c1-39(2)34-46(83-64(106)53-21-12-30-90(53)71(113)56-24-15-33-93(56)72(114)54-22-13-31-91(54)66(108)40(3)79-41(4)96)67(109)87-27-9-18-50(87)62(104)81-44(17-8-26-78-73(76)77)59(101)80-43(16-6-7-25-74)60(102)86-49(38-115-42(5)97)69(111)88-28-10-19-51(88)65(107)85-48(37-95)68(110)92-32-14-23-55(92)70(112)89-29-11-20-52(89)63(105)82-45(35-57(98)99)61(103)84-47(36-94)58(75)100/h39-40,43-56,94-95H,6-38,74H2,1-5H3,(H2,75,100)(H,79,96)(H,80,101)(H,81,104)(H,82,105)(H,83,106)(H,84,103)(H,85,107)(H,86,102)(H,98,99)(H4,76,77,78)/t40-,43-,44-,45-,46-,47-,48-,49-,50-,51-,52-,53-,54-,55-,56-/m0/s1. The number of carbonyl (C=O) groups is 18. The molecule has 640 valence electrons. The number of aliphatic imine (C=N–C) groups is 1. The van der Waals surface area contributed by atoms with Gasteiger partial charge < -0.3 is 120 Å². The number of carbonyl (C=O) groups excluding carboxylic acids is 17. The van der Waals surface area contributed by atoms with Crippen LogP contribution in [-0.4, -0.2) is 331 Å². The van der Waals surface area contributed by atoms with E-state index in [9.17, 15) is 102 Å². The van der Waals surface area contributed by atoms with Gasteiger partial charge in [0.2, 0.25) is 94.5 Å². The fourth-order valence-electron chi connectivity index (χ4n) is 16.1. The first kappa shape index (κ1) is 91.8. The van der Waals surface area contributed by atoms with Crippen LogP contribution in [0.2, 0.25) is 0 Å². The molecular formula is C73H116N20O22. The van der Waals surface area contributed by atoms with Gasteiger partial charge >= 0.3 is 11.9 Å². The third kappa shape index (κ3) is 24.6. The molecule has 7 aliphatic rings. The second-order valence-electron chi connectivity index (χ2n) is 30.7. The van der Waals surface area contributed by atoms with E-state index in [4.69, 9.17) is 27.7 Å². The Morgan fingerprint density at radius 1 is 0.417 bits per heavy atom. The van der Waals surface area contributed by atoms with Gasteiger partial charge in [0.25, 0.3) is 0 Å². The van der Waals surface area contributed by atoms with Crippen LogP contribution >= 0.6 is 0 Å². The molecule has 0 radical (unpaired) electrons. The van der Waals surface area contributed by atoms with E-state index in [2.05, 4.69) is 47.5 Å². The van der Waals surface area contributed by atoms with E-state index in [0.29, 0.717) is 51.5 Å². The molecule has 0 aromatic carbocycles. The van der Waals surface area contributed by atoms with E-state index < -0.39 is 223 Å². The molecule has 16 amide bonds. The van der Waals surface area contributed by atoms with Gasteiger partial charge in [-0.05, 0) is 148 Å². The average molecular weight is 1630 g/mol. The van der Waals surface area contributed by atoms with Crippen molar-refractivity contribution in [3.63, 3.8) is 0 Å². The molecule has 7 heterocycles. The summed E-state index contributed by atoms with van der Waals surface area (Å²) < 4.78 is 5.27. The molecule has 15 atom stereocenters. The van der Waals surface area contributed by atoms with E-state index >= 15 is 0 Å². The second kappa shape index (κ2) is 43.4. The van der Waals surface area contributed by atoms with Crippen LogP contribution in [0.5, 0.6) is 0 Å². The van der Waals surface area contributed by atoms with Crippen molar-refractivity contribution in [1.82, 2.24) is 76.8 Å². The molecule has 19 N–H and O–H groups in total. The molecular weight excluding hydrogens is 1510 g/mol. The molecule has 0 unspecified atom stereocenters. The molecule has 0 saturated carbocycles. The van der Waals surface area contributed by atoms with E-state index in [-0.39, 0.29) is 148 Å². The lowest BCUT2D eigenvalue weighted by Crippen LogP contribution is -2.61. The van der Waals surface area contributed by atoms with E-state index in [0.717, 1.165) is 21.6 Å². The van der Waals surface area contributed by atoms with E-state index in [1.807, 2.05) is 13.8 Å². The molecule has 0 aliphatic carbocycles. The lowest BCUT2D eigenvalue weighted by Gasteiger charge is -2.35. The molecule has 0 aromatic rings. The maximum Gasteiger partial charge on any atom is 0.305 e. The summed E-state index contributed by atoms with van der Waals surface area (Å²) in [6.45, 7) is 5.62. The summed E-state index contributed by atoms with van der Waals surface area (Å²) in [5.41, 5.74) is 22.3. The van der Waals surface area contributed by atoms with Crippen molar-refractivity contribution in [1.29, 1.82) is 0 Å². The molecule has 0 aromatic heterocycles. The van der Waals surface area contributed by atoms with Crippen LogP contribution in [0.15, 0.2) is 4.99 Å². The summed E-state index contributed by atoms with van der Waals surface area (Å²) in [4.78, 5) is 261. The highest BCUT2D eigenvalue weighted by Crippen LogP contribution is 2.32. The highest BCUT2D eigenvalue weighted by Gasteiger charge is 2.50. The van der Waals surface area contributed by atoms with Crippen molar-refractivity contribution in [3.8, 4) is 0 Å². The average Bonchev–Trinajstić information content (AvgIpc) is 1.98. The zero-order chi connectivity index (χ0) is 84.7. The summed E-state index contributed by atoms with van der Waals surface area (Å²) in [5, 5.41) is 50.1. The largest absolute Gasteiger partial charge is 0.481 e. The van der Waals surface area contributed by atoms with Gasteiger partial charge in [-0.3, -0.25) is 91.3 Å². The molecule has 0 bridgehead atoms. The smallest absolute Gasteiger partial charge is 0.305 e. The summed E-state index contributed by atoms with van der Waals surface area (Å²) in [6, 6.07) is -19.7. The number of nitrogens with zero attached hydrogens (tertiary/aromatic N) is 8. The molecule has 7 aliphatic heterocycles. The number of primary amides is 1. The predicted molar refractivity (Wildman–Crippen MR) is 404 cm³/mol. The number of nitrogens with one attached hydrogen (secondary N) is 8. The maximum absolute atomic E-state index is 14.9. The summed E-state index contributed by atoms with van der Waals surface area (Å²) in [6.07, 6.45) is 3.29. The Morgan fingerprint density at radius 2 is 0.765 bits per heavy atom. The van der Waals surface area contributed by atoms with Gasteiger partial charge in [0, 0.05) is 66.2 Å². The lowest BCUT2D eigenvalue weighted by atomic mass is 10.0. The minimum absolute atomic E-state index is 0.00161. The van der Waals surface area contributed by atoms with Gasteiger partial charge in [-0.2, -0.15) is 0 Å². The fourth-order valence-corrected chi connectivity index (χ4v) is 16.1. The van der Waals surface area contributed by atoms with Gasteiger partial charge in [-0.25, -0.2) is 0 Å². The Balaban J connectivity index is 1.01. The topological polar surface area (TPSA) is 613 Å². The fraction of sp³-hybridized carbons (Fsp3) is 0.740. The zero-order valence-corrected chi connectivity index (χ0v) is 66.1. The summed E-state index contributed by atoms with van der Waals surface area (Å²) >= 11 is 0. The van der Waals surface area contributed by atoms with Crippen LogP contribution in [0.25, 0.3) is 0 Å². The first-order chi connectivity index (χ1) is 54.6. The number of guanidine groups is 1. The monoisotopic (exact) mass is 1620 g/mol. The van der Waals surface area contributed by atoms with Gasteiger partial charge in [0.1, 0.15) is 97.2 Å². The minimum Gasteiger partial charge on any atom is -0.481 e. The maximum atomic E-state index is 14.9. The van der Waals surface area contributed by atoms with E-state index in [1.165, 1.54) is 33.4 Å². The lowest BCUT2D eigenvalue weighted by molar-refractivity contribution is -0.151. The highest BCUT2D eigenvalue weighted by atomic mass is 16.5. The Hall–Kier alpha value is -10.4. The Bertz CT molecular complexity index is 3620. The third-order valence-corrected chi connectivity index (χ3v) is 21.8. The predicted octanol–water partition coefficient (Wildman–Crippen LogP) is -7.42. The Kier molecular flexibility index (Phi) is 34.6. The Labute approximate surface area is 665 Å². The number of likely N-dealkylation sites (tertiary alicyclic amines) is 7. The molecule has 42 nitrogen and oxygen atoms in total. The molecule has 42 heteroatoms. The number of aliphatic hydroxyl groups is 2. The quantitative estimate of drug-likeness (QED) is 0.0118. The van der Waals surface area contributed by atoms with E-state index in [1.54, 1.807) is 0 Å². The van der Waals surface area contributed by atoms with Crippen LogP contribution in [0.3, 0.4) is 0 Å². The van der Waals surface area contributed by atoms with Crippen molar-refractivity contribution in [3.05, 3.63) is 0 Å². The van der Waals surface area contributed by atoms with Crippen molar-refractivity contribution in [2.45, 2.75) is 260 Å². The van der Waals surface area contributed by atoms with Crippen molar-refractivity contribution in [2.24, 2.45) is 33.8 Å². The zero-order valence-electron chi connectivity index (χ0n) is 66.1. The van der Waals surface area contributed by atoms with Gasteiger partial charge in [0.15, 0.2) is 5.96 Å². The minimum atomic E-state index is -1.78. The molecule has 0 spiro atoms. The van der Waals surface area contributed by atoms with Crippen LogP contribution in [0, 0.1) is 5.92 Å². The number of esters is 1. The number of unbranched alkanes of at least 4 members (excludes halogenated alkanes) is 1. The Morgan fingerprint density at radius 3 is 1.19 bits per heavy atom. The second-order valence-corrected chi connectivity index (χ2v) is 30.7. The van der Waals surface area contributed by atoms with Crippen LogP contribution in [-0.2, 0) is 91.0 Å². The van der Waals surface area contributed by atoms with Crippen molar-refractivity contribution < 1.29 is 106 Å². The number of amides is 16. The molecule has 7 rings (SSSR count). The van der Waals surface area contributed by atoms with Gasteiger partial charge in [0.05, 0.1) is 19.6 Å². The molecule has 7 saturated heterocycles. The number of aliphatic carboxylic acids is 1. The number of nitrogens with two attached hydrogens (primary N) is 4. The molecule has 115 heavy (non-hydrogen) atoms. The highest BCUT2D eigenvalue weighted by molar-refractivity contribution is 6.02. The van der Waals surface area contributed by atoms with Crippen molar-refractivity contribution in [2.75, 3.05) is 78.7 Å². The summed E-state index contributed by atoms with van der Waals surface area (Å²) in [7, 11) is 0. The van der Waals surface area contributed by atoms with Crippen LogP contribution in [0.1, 0.15) is 169 Å². The first-order valence-electron chi connectivity index (χ1n) is 39.8. The SMILES string of the molecule is CC(=O)N[C@@H](C)C(=O)N1CCC[C@H]1C(=O)N1CCC[C@H]1C(=O)N1CCC[C@H]1C(=O)N[C@@H](CC(C)C)C(=O)N1CCC[C@H]1C(=O)N[C@@H](CCCN=C(N)N)C(=O)N[C@@H](CCCCN)C(=O)N[C@@H](COC(C)=O)C(=O)N1CCC[C@H]1C(=O)N[C@@H](CO)C(=O)N1CCC[C@H]1C(=O)N1CCC[C@H]1C(=O)N[C@@H](CC(=O)O)C(=O)N[C@@H](CO)C(N)=O. The first-order valence-corrected chi connectivity index (χ1v) is 39.8. The number of rotatable bonds is 39.